The van der Waals surface area contributed by atoms with Gasteiger partial charge in [0, 0.05) is 11.2 Å². The fourth-order valence-corrected chi connectivity index (χ4v) is 1.84. The molecule has 0 atom stereocenters. The number of benzene rings is 2. The van der Waals surface area contributed by atoms with Crippen LogP contribution < -0.4 is 10.5 Å². The van der Waals surface area contributed by atoms with Crippen molar-refractivity contribution in [3.05, 3.63) is 58.6 Å². The minimum Gasteiger partial charge on any atom is -0.484 e. The maximum absolute atomic E-state index is 10.6. The Labute approximate surface area is 128 Å². The number of nitrogens with zero attached hydrogens (tertiary/aromatic N) is 1. The van der Waals surface area contributed by atoms with Crippen LogP contribution in [0.4, 0.5) is 5.69 Å². The van der Waals surface area contributed by atoms with Crippen molar-refractivity contribution in [2.45, 2.75) is 6.92 Å². The first-order valence-corrected chi connectivity index (χ1v) is 6.74. The standard InChI is InChI=1S/C16H15ClN2O2/c1-11-2-5-13(17)8-15(11)19-9-12-3-6-14(7-4-12)21-10-16(18)20/h2-9H,10H2,1H3,(H2,18,20). The lowest BCUT2D eigenvalue weighted by Gasteiger charge is -2.03. The topological polar surface area (TPSA) is 64.7 Å². The molecule has 0 spiro atoms. The number of hydrogen-bond donors (Lipinski definition) is 1. The molecule has 108 valence electrons. The number of aryl methyl sites for hydroxylation is 1. The predicted octanol–water partition coefficient (Wildman–Crippen LogP) is 3.26. The lowest BCUT2D eigenvalue weighted by Crippen LogP contribution is -2.19. The molecule has 1 amide bonds. The second-order valence-electron chi connectivity index (χ2n) is 4.51. The number of ether oxygens (including phenoxy) is 1. The number of halogens is 1. The van der Waals surface area contributed by atoms with Crippen LogP contribution in [0.15, 0.2) is 47.5 Å². The summed E-state index contributed by atoms with van der Waals surface area (Å²) in [6.07, 6.45) is 1.75. The van der Waals surface area contributed by atoms with Crippen molar-refractivity contribution >= 4 is 29.4 Å². The predicted molar refractivity (Wildman–Crippen MR) is 84.6 cm³/mol. The Hall–Kier alpha value is -2.33. The van der Waals surface area contributed by atoms with Gasteiger partial charge in [-0.3, -0.25) is 9.79 Å². The fraction of sp³-hybridized carbons (Fsp3) is 0.125. The smallest absolute Gasteiger partial charge is 0.255 e. The normalized spacial score (nSPS) is 10.8. The lowest BCUT2D eigenvalue weighted by atomic mass is 10.2. The van der Waals surface area contributed by atoms with E-state index in [4.69, 9.17) is 22.1 Å². The molecule has 0 fully saturated rings. The van der Waals surface area contributed by atoms with E-state index in [9.17, 15) is 4.79 Å². The number of amides is 1. The summed E-state index contributed by atoms with van der Waals surface area (Å²) >= 11 is 5.95. The number of carbonyl (C=O) groups excluding carboxylic acids is 1. The van der Waals surface area contributed by atoms with Gasteiger partial charge in [-0.15, -0.1) is 0 Å². The average Bonchev–Trinajstić information content (AvgIpc) is 2.47. The van der Waals surface area contributed by atoms with Crippen molar-refractivity contribution < 1.29 is 9.53 Å². The van der Waals surface area contributed by atoms with E-state index in [2.05, 4.69) is 4.99 Å². The van der Waals surface area contributed by atoms with Crippen molar-refractivity contribution in [3.63, 3.8) is 0 Å². The van der Waals surface area contributed by atoms with Crippen molar-refractivity contribution in [1.82, 2.24) is 0 Å². The van der Waals surface area contributed by atoms with Crippen LogP contribution in [0.25, 0.3) is 0 Å². The van der Waals surface area contributed by atoms with E-state index in [1.54, 1.807) is 18.3 Å². The molecule has 4 nitrogen and oxygen atoms in total. The summed E-state index contributed by atoms with van der Waals surface area (Å²) in [5, 5.41) is 0.656. The maximum Gasteiger partial charge on any atom is 0.255 e. The van der Waals surface area contributed by atoms with Gasteiger partial charge in [0.15, 0.2) is 6.61 Å². The number of aliphatic imine (C=N–C) groups is 1. The molecular weight excluding hydrogens is 288 g/mol. The molecule has 0 aliphatic heterocycles. The molecule has 0 heterocycles. The van der Waals surface area contributed by atoms with Crippen molar-refractivity contribution in [3.8, 4) is 5.75 Å². The van der Waals surface area contributed by atoms with Crippen LogP contribution in [0.3, 0.4) is 0 Å². The largest absolute Gasteiger partial charge is 0.484 e. The van der Waals surface area contributed by atoms with Crippen LogP contribution in [-0.4, -0.2) is 18.7 Å². The zero-order valence-electron chi connectivity index (χ0n) is 11.5. The van der Waals surface area contributed by atoms with E-state index in [1.807, 2.05) is 37.3 Å². The lowest BCUT2D eigenvalue weighted by molar-refractivity contribution is -0.119. The van der Waals surface area contributed by atoms with Gasteiger partial charge in [-0.1, -0.05) is 17.7 Å². The molecule has 0 saturated heterocycles. The third-order valence-electron chi connectivity index (χ3n) is 2.79. The molecule has 5 heteroatoms. The highest BCUT2D eigenvalue weighted by atomic mass is 35.5. The van der Waals surface area contributed by atoms with Crippen LogP contribution in [-0.2, 0) is 4.79 Å². The van der Waals surface area contributed by atoms with Crippen LogP contribution in [0.1, 0.15) is 11.1 Å². The summed E-state index contributed by atoms with van der Waals surface area (Å²) in [6, 6.07) is 12.8. The van der Waals surface area contributed by atoms with Gasteiger partial charge in [0.2, 0.25) is 0 Å². The molecule has 0 saturated carbocycles. The van der Waals surface area contributed by atoms with Crippen molar-refractivity contribution in [2.24, 2.45) is 10.7 Å². The Morgan fingerprint density at radius 2 is 2.00 bits per heavy atom. The van der Waals surface area contributed by atoms with Gasteiger partial charge >= 0.3 is 0 Å². The van der Waals surface area contributed by atoms with Gasteiger partial charge in [-0.2, -0.15) is 0 Å². The number of primary amides is 1. The summed E-state index contributed by atoms with van der Waals surface area (Å²) in [7, 11) is 0. The first-order valence-electron chi connectivity index (χ1n) is 6.36. The first kappa shape index (κ1) is 15.1. The van der Waals surface area contributed by atoms with Crippen LogP contribution in [0.2, 0.25) is 5.02 Å². The van der Waals surface area contributed by atoms with E-state index in [0.717, 1.165) is 16.8 Å². The van der Waals surface area contributed by atoms with E-state index in [-0.39, 0.29) is 6.61 Å². The molecule has 2 aromatic rings. The Kier molecular flexibility index (Phi) is 4.95. The first-order chi connectivity index (χ1) is 10.0. The highest BCUT2D eigenvalue weighted by Crippen LogP contribution is 2.23. The van der Waals surface area contributed by atoms with Gasteiger partial charge in [0.05, 0.1) is 5.69 Å². The van der Waals surface area contributed by atoms with E-state index < -0.39 is 5.91 Å². The molecule has 0 aliphatic rings. The van der Waals surface area contributed by atoms with Gasteiger partial charge in [-0.05, 0) is 54.4 Å². The second kappa shape index (κ2) is 6.90. The summed E-state index contributed by atoms with van der Waals surface area (Å²) < 4.78 is 5.18. The summed E-state index contributed by atoms with van der Waals surface area (Å²) in [4.78, 5) is 15.0. The molecule has 0 unspecified atom stereocenters. The number of rotatable bonds is 5. The molecule has 0 aromatic heterocycles. The molecule has 21 heavy (non-hydrogen) atoms. The third-order valence-corrected chi connectivity index (χ3v) is 3.02. The van der Waals surface area contributed by atoms with Gasteiger partial charge < -0.3 is 10.5 Å². The van der Waals surface area contributed by atoms with Crippen LogP contribution >= 0.6 is 11.6 Å². The number of hydrogen-bond acceptors (Lipinski definition) is 3. The maximum atomic E-state index is 10.6. The number of nitrogens with two attached hydrogens (primary N) is 1. The molecule has 2 N–H and O–H groups in total. The van der Waals surface area contributed by atoms with E-state index in [0.29, 0.717) is 10.8 Å². The zero-order chi connectivity index (χ0) is 15.2. The van der Waals surface area contributed by atoms with Gasteiger partial charge in [0.1, 0.15) is 5.75 Å². The highest BCUT2D eigenvalue weighted by molar-refractivity contribution is 6.30. The Bertz CT molecular complexity index is 666. The highest BCUT2D eigenvalue weighted by Gasteiger charge is 1.99. The SMILES string of the molecule is Cc1ccc(Cl)cc1N=Cc1ccc(OCC(N)=O)cc1. The Balaban J connectivity index is 2.07. The van der Waals surface area contributed by atoms with E-state index in [1.165, 1.54) is 0 Å². The monoisotopic (exact) mass is 302 g/mol. The quantitative estimate of drug-likeness (QED) is 0.862. The van der Waals surface area contributed by atoms with Crippen LogP contribution in [0.5, 0.6) is 5.75 Å². The molecule has 0 bridgehead atoms. The minimum absolute atomic E-state index is 0.130. The summed E-state index contributed by atoms with van der Waals surface area (Å²) in [5.41, 5.74) is 7.81. The molecule has 2 rings (SSSR count). The zero-order valence-corrected chi connectivity index (χ0v) is 12.3. The van der Waals surface area contributed by atoms with Crippen molar-refractivity contribution in [1.29, 1.82) is 0 Å². The minimum atomic E-state index is -0.503. The Morgan fingerprint density at radius 1 is 1.29 bits per heavy atom. The summed E-state index contributed by atoms with van der Waals surface area (Å²) in [6.45, 7) is 1.85. The molecular formula is C16H15ClN2O2. The fourth-order valence-electron chi connectivity index (χ4n) is 1.67. The van der Waals surface area contributed by atoms with Gasteiger partial charge in [0.25, 0.3) is 5.91 Å². The van der Waals surface area contributed by atoms with Crippen molar-refractivity contribution in [2.75, 3.05) is 6.61 Å². The average molecular weight is 303 g/mol. The van der Waals surface area contributed by atoms with Gasteiger partial charge in [-0.25, -0.2) is 0 Å². The molecule has 0 radical (unpaired) electrons. The molecule has 0 aliphatic carbocycles. The van der Waals surface area contributed by atoms with Crippen LogP contribution in [0, 0.1) is 6.92 Å². The third kappa shape index (κ3) is 4.61. The van der Waals surface area contributed by atoms with E-state index >= 15 is 0 Å². The Morgan fingerprint density at radius 3 is 2.67 bits per heavy atom. The summed E-state index contributed by atoms with van der Waals surface area (Å²) in [5.74, 6) is 0.0851. The molecule has 2 aromatic carbocycles. The second-order valence-corrected chi connectivity index (χ2v) is 4.95. The number of carbonyl (C=O) groups is 1.